The van der Waals surface area contributed by atoms with Crippen LogP contribution in [0.15, 0.2) is 249 Å². The van der Waals surface area contributed by atoms with E-state index in [0.29, 0.717) is 0 Å². The zero-order valence-electron chi connectivity index (χ0n) is 36.6. The number of benzene rings is 10. The maximum Gasteiger partial charge on any atom is 0.0714 e. The third-order valence-electron chi connectivity index (χ3n) is 14.2. The Morgan fingerprint density at radius 3 is 1.32 bits per heavy atom. The van der Waals surface area contributed by atoms with Crippen LogP contribution in [0.3, 0.4) is 0 Å². The van der Waals surface area contributed by atoms with Crippen molar-refractivity contribution in [3.05, 3.63) is 282 Å². The standard InChI is InChI=1S/C64H47N/c1-63(2)59-27-14-12-25-55(59)57-39-35-49(42-61(57)63)48-19-16-24-53(41-48)65(52-36-33-47(34-37-52)46-31-29-45(30-32-46)44-17-6-3-7-18-44)54-38-40-58-56-26-13-15-28-60(56)64(62(58)43-54,50-20-8-4-9-21-50)51-22-10-5-11-23-51/h3-43H,1-2H3. The largest absolute Gasteiger partial charge is 0.310 e. The van der Waals surface area contributed by atoms with Crippen LogP contribution in [-0.4, -0.2) is 0 Å². The van der Waals surface area contributed by atoms with Crippen molar-refractivity contribution in [1.29, 1.82) is 0 Å². The molecule has 0 aliphatic heterocycles. The Morgan fingerprint density at radius 1 is 0.262 bits per heavy atom. The Hall–Kier alpha value is -8.00. The predicted octanol–water partition coefficient (Wildman–Crippen LogP) is 16.8. The summed E-state index contributed by atoms with van der Waals surface area (Å²) in [6.07, 6.45) is 0. The summed E-state index contributed by atoms with van der Waals surface area (Å²) in [4.78, 5) is 2.45. The molecule has 0 atom stereocenters. The van der Waals surface area contributed by atoms with Gasteiger partial charge in [-0.05, 0) is 131 Å². The Labute approximate surface area is 382 Å². The molecule has 0 radical (unpaired) electrons. The summed E-state index contributed by atoms with van der Waals surface area (Å²) >= 11 is 0. The van der Waals surface area contributed by atoms with Crippen LogP contribution in [0.5, 0.6) is 0 Å². The third kappa shape index (κ3) is 6.22. The Morgan fingerprint density at radius 2 is 0.677 bits per heavy atom. The smallest absolute Gasteiger partial charge is 0.0714 e. The highest BCUT2D eigenvalue weighted by Gasteiger charge is 2.46. The highest BCUT2D eigenvalue weighted by molar-refractivity contribution is 5.91. The molecular weight excluding hydrogens is 783 g/mol. The first kappa shape index (κ1) is 38.7. The van der Waals surface area contributed by atoms with Gasteiger partial charge in [0.2, 0.25) is 0 Å². The van der Waals surface area contributed by atoms with Crippen LogP contribution in [0.4, 0.5) is 17.1 Å². The van der Waals surface area contributed by atoms with Gasteiger partial charge in [0.25, 0.3) is 0 Å². The van der Waals surface area contributed by atoms with E-state index in [-0.39, 0.29) is 5.41 Å². The van der Waals surface area contributed by atoms with Gasteiger partial charge < -0.3 is 4.90 Å². The second-order valence-electron chi connectivity index (χ2n) is 18.1. The van der Waals surface area contributed by atoms with Gasteiger partial charge >= 0.3 is 0 Å². The molecule has 1 heteroatoms. The molecule has 10 aromatic carbocycles. The SMILES string of the molecule is CC1(C)c2ccccc2-c2ccc(-c3cccc(N(c4ccc(-c5ccc(-c6ccccc6)cc5)cc4)c4ccc5c(c4)C(c4ccccc4)(c4ccccc4)c4ccccc4-5)c3)cc21. The minimum absolute atomic E-state index is 0.0821. The maximum atomic E-state index is 2.47. The van der Waals surface area contributed by atoms with Crippen LogP contribution in [0.25, 0.3) is 55.6 Å². The lowest BCUT2D eigenvalue weighted by atomic mass is 9.67. The van der Waals surface area contributed by atoms with E-state index in [1.807, 2.05) is 0 Å². The molecule has 308 valence electrons. The molecule has 1 nitrogen and oxygen atoms in total. The number of nitrogens with zero attached hydrogens (tertiary/aromatic N) is 1. The van der Waals surface area contributed by atoms with E-state index >= 15 is 0 Å². The van der Waals surface area contributed by atoms with Crippen LogP contribution in [0.1, 0.15) is 47.2 Å². The average molecular weight is 830 g/mol. The van der Waals surface area contributed by atoms with Gasteiger partial charge in [-0.3, -0.25) is 0 Å². The second-order valence-corrected chi connectivity index (χ2v) is 18.1. The van der Waals surface area contributed by atoms with Gasteiger partial charge in [0.05, 0.1) is 5.41 Å². The molecule has 0 aromatic heterocycles. The fourth-order valence-corrected chi connectivity index (χ4v) is 11.0. The third-order valence-corrected chi connectivity index (χ3v) is 14.2. The van der Waals surface area contributed by atoms with Crippen molar-refractivity contribution in [2.45, 2.75) is 24.7 Å². The zero-order chi connectivity index (χ0) is 43.5. The first-order chi connectivity index (χ1) is 32.0. The molecule has 0 amide bonds. The Bertz CT molecular complexity index is 3320. The fourth-order valence-electron chi connectivity index (χ4n) is 11.0. The molecule has 0 N–H and O–H groups in total. The van der Waals surface area contributed by atoms with Crippen LogP contribution < -0.4 is 4.90 Å². The molecular formula is C64H47N. The van der Waals surface area contributed by atoms with Crippen molar-refractivity contribution in [2.75, 3.05) is 4.90 Å². The van der Waals surface area contributed by atoms with Gasteiger partial charge in [0.1, 0.15) is 0 Å². The number of hydrogen-bond acceptors (Lipinski definition) is 1. The molecule has 0 unspecified atom stereocenters. The van der Waals surface area contributed by atoms with Crippen molar-refractivity contribution >= 4 is 17.1 Å². The lowest BCUT2D eigenvalue weighted by Crippen LogP contribution is -2.28. The predicted molar refractivity (Wildman–Crippen MR) is 272 cm³/mol. The minimum Gasteiger partial charge on any atom is -0.310 e. The van der Waals surface area contributed by atoms with Crippen molar-refractivity contribution in [3.8, 4) is 55.6 Å². The lowest BCUT2D eigenvalue weighted by Gasteiger charge is -2.35. The van der Waals surface area contributed by atoms with Gasteiger partial charge in [-0.15, -0.1) is 0 Å². The quantitative estimate of drug-likeness (QED) is 0.147. The van der Waals surface area contributed by atoms with Gasteiger partial charge in [-0.1, -0.05) is 220 Å². The van der Waals surface area contributed by atoms with Crippen LogP contribution in [-0.2, 0) is 10.8 Å². The van der Waals surface area contributed by atoms with Crippen molar-refractivity contribution in [2.24, 2.45) is 0 Å². The van der Waals surface area contributed by atoms with Gasteiger partial charge in [0.15, 0.2) is 0 Å². The number of rotatable bonds is 8. The summed E-state index contributed by atoms with van der Waals surface area (Å²) in [5, 5.41) is 0. The number of anilines is 3. The first-order valence-corrected chi connectivity index (χ1v) is 22.7. The van der Waals surface area contributed by atoms with E-state index in [4.69, 9.17) is 0 Å². The molecule has 10 aromatic rings. The zero-order valence-corrected chi connectivity index (χ0v) is 36.6. The molecule has 0 heterocycles. The molecule has 65 heavy (non-hydrogen) atoms. The Kier molecular flexibility index (Phi) is 9.14. The highest BCUT2D eigenvalue weighted by Crippen LogP contribution is 2.57. The van der Waals surface area contributed by atoms with E-state index in [9.17, 15) is 0 Å². The van der Waals surface area contributed by atoms with E-state index in [1.54, 1.807) is 0 Å². The molecule has 2 aliphatic rings. The summed E-state index contributed by atoms with van der Waals surface area (Å²) in [7, 11) is 0. The van der Waals surface area contributed by atoms with Gasteiger partial charge in [0, 0.05) is 22.5 Å². The highest BCUT2D eigenvalue weighted by atomic mass is 15.1. The second kappa shape index (κ2) is 15.4. The molecule has 0 bridgehead atoms. The molecule has 0 fully saturated rings. The van der Waals surface area contributed by atoms with Crippen molar-refractivity contribution in [3.63, 3.8) is 0 Å². The summed E-state index contributed by atoms with van der Waals surface area (Å²) < 4.78 is 0. The van der Waals surface area contributed by atoms with E-state index in [0.717, 1.165) is 17.1 Å². The van der Waals surface area contributed by atoms with E-state index < -0.39 is 5.41 Å². The molecule has 0 saturated carbocycles. The fraction of sp³-hybridized carbons (Fsp3) is 0.0625. The van der Waals surface area contributed by atoms with Crippen LogP contribution >= 0.6 is 0 Å². The van der Waals surface area contributed by atoms with Crippen LogP contribution in [0, 0.1) is 0 Å². The van der Waals surface area contributed by atoms with Crippen molar-refractivity contribution < 1.29 is 0 Å². The number of fused-ring (bicyclic) bond motifs is 6. The summed E-state index contributed by atoms with van der Waals surface area (Å²) in [6.45, 7) is 4.72. The van der Waals surface area contributed by atoms with E-state index in [2.05, 4.69) is 267 Å². The average Bonchev–Trinajstić information content (AvgIpc) is 3.80. The summed E-state index contributed by atoms with van der Waals surface area (Å²) in [6, 6.07) is 92.0. The lowest BCUT2D eigenvalue weighted by molar-refractivity contribution is 0.660. The topological polar surface area (TPSA) is 3.24 Å². The van der Waals surface area contributed by atoms with Gasteiger partial charge in [-0.25, -0.2) is 0 Å². The summed E-state index contributed by atoms with van der Waals surface area (Å²) in [5.41, 5.74) is 23.0. The molecule has 0 spiro atoms. The molecule has 0 saturated heterocycles. The van der Waals surface area contributed by atoms with Gasteiger partial charge in [-0.2, -0.15) is 0 Å². The van der Waals surface area contributed by atoms with Crippen molar-refractivity contribution in [1.82, 2.24) is 0 Å². The maximum absolute atomic E-state index is 2.47. The van der Waals surface area contributed by atoms with Crippen LogP contribution in [0.2, 0.25) is 0 Å². The number of hydrogen-bond donors (Lipinski definition) is 0. The minimum atomic E-state index is -0.511. The normalized spacial score (nSPS) is 13.6. The monoisotopic (exact) mass is 829 g/mol. The molecule has 2 aliphatic carbocycles. The van der Waals surface area contributed by atoms with E-state index in [1.165, 1.54) is 89.0 Å². The Balaban J connectivity index is 1.02. The molecule has 12 rings (SSSR count). The first-order valence-electron chi connectivity index (χ1n) is 22.7. The summed E-state index contributed by atoms with van der Waals surface area (Å²) in [5.74, 6) is 0.